The number of carbonyl (C=O) groups is 1. The summed E-state index contributed by atoms with van der Waals surface area (Å²) in [6.45, 7) is 4.52. The second-order valence-electron chi connectivity index (χ2n) is 6.74. The summed E-state index contributed by atoms with van der Waals surface area (Å²) in [7, 11) is 0. The number of aromatic amines is 1. The van der Waals surface area contributed by atoms with Gasteiger partial charge in [0.1, 0.15) is 5.69 Å². The molecular weight excluding hydrogens is 318 g/mol. The fraction of sp³-hybridized carbons (Fsp3) is 0.444. The third-order valence-corrected chi connectivity index (χ3v) is 4.94. The lowest BCUT2D eigenvalue weighted by atomic mass is 9.98. The Hall–Kier alpha value is -2.22. The van der Waals surface area contributed by atoms with Crippen LogP contribution in [0.25, 0.3) is 0 Å². The highest BCUT2D eigenvalue weighted by Gasteiger charge is 2.44. The molecule has 0 spiro atoms. The van der Waals surface area contributed by atoms with E-state index < -0.39 is 0 Å². The Labute approximate surface area is 146 Å². The average Bonchev–Trinajstić information content (AvgIpc) is 3.32. The van der Waals surface area contributed by atoms with Crippen molar-refractivity contribution in [2.45, 2.75) is 25.6 Å². The third-order valence-electron chi connectivity index (χ3n) is 4.94. The number of rotatable bonds is 5. The molecule has 0 radical (unpaired) electrons. The van der Waals surface area contributed by atoms with Gasteiger partial charge in [-0.15, -0.1) is 0 Å². The van der Waals surface area contributed by atoms with Crippen molar-refractivity contribution in [1.82, 2.24) is 25.7 Å². The summed E-state index contributed by atoms with van der Waals surface area (Å²) in [5.74, 6) is 0.411. The monoisotopic (exact) mass is 341 g/mol. The van der Waals surface area contributed by atoms with E-state index in [9.17, 15) is 4.79 Å². The van der Waals surface area contributed by atoms with Crippen LogP contribution in [0, 0.1) is 12.8 Å². The van der Waals surface area contributed by atoms with E-state index in [4.69, 9.17) is 4.74 Å². The number of carbonyl (C=O) groups excluding carboxylic acids is 1. The Kier molecular flexibility index (Phi) is 4.52. The van der Waals surface area contributed by atoms with Crippen LogP contribution >= 0.6 is 0 Å². The summed E-state index contributed by atoms with van der Waals surface area (Å²) < 4.78 is 5.86. The molecule has 2 fully saturated rings. The number of nitrogens with zero attached hydrogens (tertiary/aromatic N) is 2. The van der Waals surface area contributed by atoms with E-state index in [1.165, 1.54) is 0 Å². The molecule has 4 rings (SSSR count). The summed E-state index contributed by atoms with van der Waals surface area (Å²) in [6, 6.07) is 10.1. The molecule has 3 unspecified atom stereocenters. The van der Waals surface area contributed by atoms with Gasteiger partial charge in [0, 0.05) is 36.9 Å². The lowest BCUT2D eigenvalue weighted by Crippen LogP contribution is -2.42. The Balaban J connectivity index is 1.30. The molecule has 0 saturated carbocycles. The first-order valence-corrected chi connectivity index (χ1v) is 8.65. The SMILES string of the molecule is Cc1cccc(COCC2NNC3CN(C(=O)c4ccc[nH]4)CC23)n1. The number of likely N-dealkylation sites (tertiary alicyclic amines) is 1. The molecule has 1 amide bonds. The number of H-pyrrole nitrogens is 1. The van der Waals surface area contributed by atoms with Crippen molar-refractivity contribution in [3.63, 3.8) is 0 Å². The first-order chi connectivity index (χ1) is 12.2. The number of fused-ring (bicyclic) bond motifs is 1. The molecule has 25 heavy (non-hydrogen) atoms. The summed E-state index contributed by atoms with van der Waals surface area (Å²) in [4.78, 5) is 21.8. The standard InChI is InChI=1S/C18H23N5O2/c1-12-4-2-5-13(20-12)10-25-11-17-14-8-23(9-16(14)21-22-17)18(24)15-6-3-7-19-15/h2-7,14,16-17,19,21-22H,8-11H2,1H3. The van der Waals surface area contributed by atoms with Gasteiger partial charge in [-0.05, 0) is 31.2 Å². The van der Waals surface area contributed by atoms with E-state index in [1.54, 1.807) is 6.20 Å². The maximum absolute atomic E-state index is 12.5. The van der Waals surface area contributed by atoms with Crippen LogP contribution in [0.15, 0.2) is 36.5 Å². The third kappa shape index (κ3) is 3.44. The largest absolute Gasteiger partial charge is 0.373 e. The normalized spacial score (nSPS) is 25.3. The number of hydrazine groups is 1. The quantitative estimate of drug-likeness (QED) is 0.751. The predicted octanol–water partition coefficient (Wildman–Crippen LogP) is 0.852. The summed E-state index contributed by atoms with van der Waals surface area (Å²) >= 11 is 0. The minimum atomic E-state index is 0.0600. The van der Waals surface area contributed by atoms with E-state index >= 15 is 0 Å². The van der Waals surface area contributed by atoms with E-state index in [0.717, 1.165) is 17.9 Å². The molecule has 2 aliphatic heterocycles. The molecule has 0 bridgehead atoms. The number of pyridine rings is 1. The molecule has 3 atom stereocenters. The molecule has 0 aliphatic carbocycles. The van der Waals surface area contributed by atoms with Crippen molar-refractivity contribution < 1.29 is 9.53 Å². The van der Waals surface area contributed by atoms with Crippen LogP contribution in [0.4, 0.5) is 0 Å². The Bertz CT molecular complexity index is 733. The second-order valence-corrected chi connectivity index (χ2v) is 6.74. The zero-order chi connectivity index (χ0) is 17.2. The Morgan fingerprint density at radius 2 is 2.20 bits per heavy atom. The van der Waals surface area contributed by atoms with Crippen molar-refractivity contribution >= 4 is 5.91 Å². The van der Waals surface area contributed by atoms with Gasteiger partial charge in [0.15, 0.2) is 0 Å². The molecule has 2 aromatic heterocycles. The van der Waals surface area contributed by atoms with Crippen LogP contribution in [-0.4, -0.2) is 52.6 Å². The van der Waals surface area contributed by atoms with E-state index in [2.05, 4.69) is 20.8 Å². The van der Waals surface area contributed by atoms with Crippen molar-refractivity contribution in [3.8, 4) is 0 Å². The molecule has 2 aromatic rings. The van der Waals surface area contributed by atoms with E-state index in [0.29, 0.717) is 31.4 Å². The highest BCUT2D eigenvalue weighted by atomic mass is 16.5. The second kappa shape index (κ2) is 6.95. The van der Waals surface area contributed by atoms with Crippen LogP contribution in [0.1, 0.15) is 21.9 Å². The number of hydrogen-bond donors (Lipinski definition) is 3. The zero-order valence-electron chi connectivity index (χ0n) is 14.2. The minimum absolute atomic E-state index is 0.0600. The minimum Gasteiger partial charge on any atom is -0.373 e. The average molecular weight is 341 g/mol. The number of aromatic nitrogens is 2. The summed E-state index contributed by atoms with van der Waals surface area (Å²) in [5.41, 5.74) is 9.20. The Morgan fingerprint density at radius 3 is 3.00 bits per heavy atom. The fourth-order valence-electron chi connectivity index (χ4n) is 3.65. The first kappa shape index (κ1) is 16.3. The lowest BCUT2D eigenvalue weighted by molar-refractivity contribution is 0.0732. The topological polar surface area (TPSA) is 82.3 Å². The number of nitrogens with one attached hydrogen (secondary N) is 3. The van der Waals surface area contributed by atoms with Crippen LogP contribution in [0.3, 0.4) is 0 Å². The van der Waals surface area contributed by atoms with Gasteiger partial charge in [0.05, 0.1) is 24.9 Å². The lowest BCUT2D eigenvalue weighted by Gasteiger charge is -2.20. The molecule has 2 aliphatic rings. The van der Waals surface area contributed by atoms with Crippen LogP contribution < -0.4 is 10.9 Å². The van der Waals surface area contributed by atoms with Gasteiger partial charge in [-0.3, -0.25) is 20.6 Å². The predicted molar refractivity (Wildman–Crippen MR) is 92.7 cm³/mol. The molecule has 7 nitrogen and oxygen atoms in total. The molecule has 2 saturated heterocycles. The van der Waals surface area contributed by atoms with Crippen molar-refractivity contribution in [1.29, 1.82) is 0 Å². The highest BCUT2D eigenvalue weighted by molar-refractivity contribution is 5.92. The molecule has 3 N–H and O–H groups in total. The number of ether oxygens (including phenoxy) is 1. The maximum atomic E-state index is 12.5. The maximum Gasteiger partial charge on any atom is 0.270 e. The first-order valence-electron chi connectivity index (χ1n) is 8.65. The van der Waals surface area contributed by atoms with Gasteiger partial charge < -0.3 is 14.6 Å². The van der Waals surface area contributed by atoms with Gasteiger partial charge in [-0.2, -0.15) is 0 Å². The van der Waals surface area contributed by atoms with Crippen LogP contribution in [0.2, 0.25) is 0 Å². The van der Waals surface area contributed by atoms with Crippen LogP contribution in [-0.2, 0) is 11.3 Å². The zero-order valence-corrected chi connectivity index (χ0v) is 14.2. The summed E-state index contributed by atoms with van der Waals surface area (Å²) in [6.07, 6.45) is 1.78. The van der Waals surface area contributed by atoms with Crippen molar-refractivity contribution in [2.24, 2.45) is 5.92 Å². The van der Waals surface area contributed by atoms with Crippen molar-refractivity contribution in [3.05, 3.63) is 53.6 Å². The molecule has 7 heteroatoms. The smallest absolute Gasteiger partial charge is 0.270 e. The molecular formula is C18H23N5O2. The molecule has 4 heterocycles. The van der Waals surface area contributed by atoms with Crippen LogP contribution in [0.5, 0.6) is 0 Å². The van der Waals surface area contributed by atoms with E-state index in [1.807, 2.05) is 42.2 Å². The summed E-state index contributed by atoms with van der Waals surface area (Å²) in [5, 5.41) is 0. The number of hydrogen-bond acceptors (Lipinski definition) is 5. The van der Waals surface area contributed by atoms with Gasteiger partial charge in [-0.1, -0.05) is 6.07 Å². The highest BCUT2D eigenvalue weighted by Crippen LogP contribution is 2.25. The van der Waals surface area contributed by atoms with Gasteiger partial charge in [0.25, 0.3) is 5.91 Å². The molecule has 132 valence electrons. The van der Waals surface area contributed by atoms with Crippen molar-refractivity contribution in [2.75, 3.05) is 19.7 Å². The van der Waals surface area contributed by atoms with Gasteiger partial charge in [0.2, 0.25) is 0 Å². The fourth-order valence-corrected chi connectivity index (χ4v) is 3.65. The van der Waals surface area contributed by atoms with E-state index in [-0.39, 0.29) is 18.0 Å². The Morgan fingerprint density at radius 1 is 1.28 bits per heavy atom. The van der Waals surface area contributed by atoms with Gasteiger partial charge in [-0.25, -0.2) is 0 Å². The molecule has 0 aromatic carbocycles. The number of amides is 1. The number of aryl methyl sites for hydroxylation is 1. The van der Waals surface area contributed by atoms with Gasteiger partial charge >= 0.3 is 0 Å².